The smallest absolute Gasteiger partial charge is 0.139 e. The topological polar surface area (TPSA) is 57.5 Å². The van der Waals surface area contributed by atoms with E-state index >= 15 is 0 Å². The van der Waals surface area contributed by atoms with E-state index < -0.39 is 11.2 Å². The van der Waals surface area contributed by atoms with Crippen LogP contribution in [0.3, 0.4) is 0 Å². The SMILES string of the molecule is C[C@@H]1CC(=O)[C@@H]2[C@@]3(C)CC[C@@H](C(C)(C)O)[C@@]2(O)[C@H]13. The van der Waals surface area contributed by atoms with Gasteiger partial charge in [-0.15, -0.1) is 0 Å². The Balaban J connectivity index is 2.08. The van der Waals surface area contributed by atoms with Crippen molar-refractivity contribution in [2.24, 2.45) is 29.1 Å². The minimum atomic E-state index is -0.958. The van der Waals surface area contributed by atoms with Crippen LogP contribution in [0.25, 0.3) is 0 Å². The summed E-state index contributed by atoms with van der Waals surface area (Å²) >= 11 is 0. The highest BCUT2D eigenvalue weighted by Gasteiger charge is 2.79. The Hall–Kier alpha value is -0.410. The highest BCUT2D eigenvalue weighted by molar-refractivity contribution is 5.87. The summed E-state index contributed by atoms with van der Waals surface area (Å²) in [6.07, 6.45) is 2.38. The van der Waals surface area contributed by atoms with Crippen molar-refractivity contribution in [2.45, 2.75) is 58.2 Å². The Kier molecular flexibility index (Phi) is 2.23. The van der Waals surface area contributed by atoms with E-state index in [1.54, 1.807) is 13.8 Å². The molecule has 2 N–H and O–H groups in total. The summed E-state index contributed by atoms with van der Waals surface area (Å²) in [6.45, 7) is 7.77. The van der Waals surface area contributed by atoms with Crippen LogP contribution in [0.2, 0.25) is 0 Å². The van der Waals surface area contributed by atoms with Gasteiger partial charge in [-0.1, -0.05) is 13.8 Å². The molecule has 6 atom stereocenters. The fourth-order valence-corrected chi connectivity index (χ4v) is 5.93. The fourth-order valence-electron chi connectivity index (χ4n) is 5.93. The van der Waals surface area contributed by atoms with E-state index in [1.807, 2.05) is 0 Å². The van der Waals surface area contributed by atoms with Gasteiger partial charge in [-0.05, 0) is 43.9 Å². The Morgan fingerprint density at radius 1 is 1.39 bits per heavy atom. The zero-order valence-electron chi connectivity index (χ0n) is 11.7. The molecule has 3 heteroatoms. The predicted octanol–water partition coefficient (Wildman–Crippen LogP) is 1.76. The molecule has 4 bridgehead atoms. The zero-order valence-corrected chi connectivity index (χ0v) is 11.7. The quantitative estimate of drug-likeness (QED) is 0.747. The Bertz CT molecular complexity index is 406. The van der Waals surface area contributed by atoms with E-state index in [4.69, 9.17) is 0 Å². The highest BCUT2D eigenvalue weighted by atomic mass is 16.3. The molecule has 4 saturated carbocycles. The first kappa shape index (κ1) is 12.6. The van der Waals surface area contributed by atoms with Crippen LogP contribution < -0.4 is 0 Å². The lowest BCUT2D eigenvalue weighted by molar-refractivity contribution is -0.338. The first-order valence-corrected chi connectivity index (χ1v) is 7.11. The van der Waals surface area contributed by atoms with Crippen molar-refractivity contribution in [3.05, 3.63) is 0 Å². The number of aliphatic hydroxyl groups is 2. The van der Waals surface area contributed by atoms with Crippen LogP contribution in [0.15, 0.2) is 0 Å². The summed E-state index contributed by atoms with van der Waals surface area (Å²) in [7, 11) is 0. The number of Topliss-reactive ketones (excluding diaryl/α,β-unsaturated/α-hetero) is 1. The van der Waals surface area contributed by atoms with E-state index in [0.29, 0.717) is 6.42 Å². The molecule has 102 valence electrons. The molecule has 0 amide bonds. The van der Waals surface area contributed by atoms with Crippen LogP contribution in [0.1, 0.15) is 47.0 Å². The summed E-state index contributed by atoms with van der Waals surface area (Å²) in [6, 6.07) is 0. The van der Waals surface area contributed by atoms with Crippen LogP contribution in [0.4, 0.5) is 0 Å². The zero-order chi connectivity index (χ0) is 13.5. The minimum absolute atomic E-state index is 0.0226. The van der Waals surface area contributed by atoms with Crippen LogP contribution in [0, 0.1) is 29.1 Å². The van der Waals surface area contributed by atoms with Gasteiger partial charge in [0.1, 0.15) is 5.78 Å². The van der Waals surface area contributed by atoms with Crippen LogP contribution in [-0.4, -0.2) is 27.2 Å². The highest BCUT2D eigenvalue weighted by Crippen LogP contribution is 2.74. The molecule has 0 aromatic rings. The van der Waals surface area contributed by atoms with Crippen molar-refractivity contribution in [3.63, 3.8) is 0 Å². The summed E-state index contributed by atoms with van der Waals surface area (Å²) in [5.41, 5.74) is -1.89. The molecule has 4 fully saturated rings. The number of fused-ring (bicyclic) bond motifs is 2. The normalized spacial score (nSPS) is 55.1. The van der Waals surface area contributed by atoms with Crippen molar-refractivity contribution >= 4 is 5.78 Å². The monoisotopic (exact) mass is 252 g/mol. The van der Waals surface area contributed by atoms with Crippen molar-refractivity contribution in [1.82, 2.24) is 0 Å². The first-order chi connectivity index (χ1) is 8.13. The first-order valence-electron chi connectivity index (χ1n) is 7.11. The third-order valence-electron chi connectivity index (χ3n) is 6.13. The summed E-state index contributed by atoms with van der Waals surface area (Å²) in [5.74, 6) is 0.217. The van der Waals surface area contributed by atoms with Crippen LogP contribution in [-0.2, 0) is 4.79 Å². The van der Waals surface area contributed by atoms with Gasteiger partial charge in [0.15, 0.2) is 0 Å². The van der Waals surface area contributed by atoms with Crippen molar-refractivity contribution in [1.29, 1.82) is 0 Å². The lowest BCUT2D eigenvalue weighted by Crippen LogP contribution is -2.82. The Morgan fingerprint density at radius 2 is 2.00 bits per heavy atom. The van der Waals surface area contributed by atoms with Gasteiger partial charge in [-0.25, -0.2) is 0 Å². The van der Waals surface area contributed by atoms with E-state index in [-0.39, 0.29) is 34.9 Å². The van der Waals surface area contributed by atoms with Gasteiger partial charge in [0.05, 0.1) is 17.1 Å². The van der Waals surface area contributed by atoms with Gasteiger partial charge in [-0.3, -0.25) is 4.79 Å². The fraction of sp³-hybridized carbons (Fsp3) is 0.933. The lowest BCUT2D eigenvalue weighted by atomic mass is 9.29. The maximum Gasteiger partial charge on any atom is 0.139 e. The van der Waals surface area contributed by atoms with Gasteiger partial charge in [0.25, 0.3) is 0 Å². The van der Waals surface area contributed by atoms with E-state index in [9.17, 15) is 15.0 Å². The second-order valence-corrected chi connectivity index (χ2v) is 7.70. The number of hydrogen-bond donors (Lipinski definition) is 2. The third-order valence-corrected chi connectivity index (χ3v) is 6.13. The van der Waals surface area contributed by atoms with Crippen molar-refractivity contribution in [2.75, 3.05) is 0 Å². The lowest BCUT2D eigenvalue weighted by Gasteiger charge is -2.76. The molecule has 0 heterocycles. The summed E-state index contributed by atoms with van der Waals surface area (Å²) in [4.78, 5) is 12.3. The molecule has 0 unspecified atom stereocenters. The number of carbonyl (C=O) groups is 1. The Morgan fingerprint density at radius 3 is 2.50 bits per heavy atom. The molecule has 0 aliphatic heterocycles. The minimum Gasteiger partial charge on any atom is -0.390 e. The molecule has 4 aliphatic carbocycles. The van der Waals surface area contributed by atoms with Crippen LogP contribution in [0.5, 0.6) is 0 Å². The molecular weight excluding hydrogens is 228 g/mol. The molecule has 0 saturated heterocycles. The summed E-state index contributed by atoms with van der Waals surface area (Å²) in [5, 5.41) is 21.5. The molecule has 18 heavy (non-hydrogen) atoms. The van der Waals surface area contributed by atoms with Gasteiger partial charge < -0.3 is 10.2 Å². The van der Waals surface area contributed by atoms with Gasteiger partial charge >= 0.3 is 0 Å². The maximum atomic E-state index is 12.3. The third kappa shape index (κ3) is 1.16. The molecule has 4 rings (SSSR count). The van der Waals surface area contributed by atoms with Crippen LogP contribution >= 0.6 is 0 Å². The second-order valence-electron chi connectivity index (χ2n) is 7.70. The maximum absolute atomic E-state index is 12.3. The molecule has 0 spiro atoms. The van der Waals surface area contributed by atoms with E-state index in [2.05, 4.69) is 13.8 Å². The van der Waals surface area contributed by atoms with E-state index in [1.165, 1.54) is 0 Å². The molecule has 4 aliphatic rings. The molecule has 0 aromatic carbocycles. The van der Waals surface area contributed by atoms with Gasteiger partial charge in [-0.2, -0.15) is 0 Å². The molecular formula is C15H24O3. The number of hydrogen-bond acceptors (Lipinski definition) is 3. The number of carbonyl (C=O) groups excluding carboxylic acids is 1. The molecule has 0 aromatic heterocycles. The molecule has 0 radical (unpaired) electrons. The van der Waals surface area contributed by atoms with Gasteiger partial charge in [0.2, 0.25) is 0 Å². The summed E-state index contributed by atoms with van der Waals surface area (Å²) < 4.78 is 0. The number of rotatable bonds is 1. The largest absolute Gasteiger partial charge is 0.390 e. The van der Waals surface area contributed by atoms with Crippen molar-refractivity contribution in [3.8, 4) is 0 Å². The standard InChI is InChI=1S/C15H24O3/c1-8-7-9(16)12-14(4)6-5-10(13(2,3)17)15(12,18)11(8)14/h8,10-12,17-18H,5-7H2,1-4H3/t8-,10+,11-,12-,14+,15-/m1/s1. The average molecular weight is 252 g/mol. The van der Waals surface area contributed by atoms with Crippen molar-refractivity contribution < 1.29 is 15.0 Å². The second kappa shape index (κ2) is 3.18. The molecule has 3 nitrogen and oxygen atoms in total. The number of ketones is 1. The van der Waals surface area contributed by atoms with E-state index in [0.717, 1.165) is 12.8 Å². The van der Waals surface area contributed by atoms with Gasteiger partial charge in [0, 0.05) is 12.3 Å². The predicted molar refractivity (Wildman–Crippen MR) is 67.8 cm³/mol. The Labute approximate surface area is 109 Å². The average Bonchev–Trinajstić information content (AvgIpc) is 2.11.